The summed E-state index contributed by atoms with van der Waals surface area (Å²) in [6, 6.07) is 0. The Kier molecular flexibility index (Phi) is 6.21. The lowest BCUT2D eigenvalue weighted by atomic mass is 9.81. The van der Waals surface area contributed by atoms with Crippen molar-refractivity contribution < 1.29 is 4.74 Å². The van der Waals surface area contributed by atoms with Crippen molar-refractivity contribution in [3.05, 3.63) is 0 Å². The smallest absolute Gasteiger partial charge is 0.0488 e. The normalized spacial score (nSPS) is 32.2. The molecule has 0 radical (unpaired) electrons. The minimum Gasteiger partial charge on any atom is -0.381 e. The maximum absolute atomic E-state index is 5.66. The summed E-state index contributed by atoms with van der Waals surface area (Å²) in [7, 11) is 0. The molecular weight excluding hydrogens is 252 g/mol. The number of hydrogen-bond acceptors (Lipinski definition) is 1. The quantitative estimate of drug-likeness (QED) is 0.539. The first-order valence-electron chi connectivity index (χ1n) is 6.31. The fraction of sp³-hybridized carbons (Fsp3) is 1.00. The number of ether oxygens (including phenoxy) is 1. The lowest BCUT2D eigenvalue weighted by Crippen LogP contribution is -2.25. The topological polar surface area (TPSA) is 9.23 Å². The van der Waals surface area contributed by atoms with E-state index in [0.717, 1.165) is 29.9 Å². The summed E-state index contributed by atoms with van der Waals surface area (Å²) < 4.78 is 5.66. The zero-order chi connectivity index (χ0) is 11.3. The van der Waals surface area contributed by atoms with E-state index in [1.54, 1.807) is 0 Å². The maximum atomic E-state index is 5.66. The van der Waals surface area contributed by atoms with Crippen LogP contribution in [0.2, 0.25) is 0 Å². The van der Waals surface area contributed by atoms with Crippen molar-refractivity contribution in [3.63, 3.8) is 0 Å². The Morgan fingerprint density at radius 3 is 2.73 bits per heavy atom. The first-order valence-corrected chi connectivity index (χ1v) is 7.23. The van der Waals surface area contributed by atoms with Crippen LogP contribution >= 0.6 is 15.9 Å². The van der Waals surface area contributed by atoms with Gasteiger partial charge in [0.15, 0.2) is 0 Å². The molecule has 0 bridgehead atoms. The molecule has 0 N–H and O–H groups in total. The molecule has 0 saturated heterocycles. The molecular formula is C13H25BrO. The Morgan fingerprint density at radius 2 is 2.07 bits per heavy atom. The van der Waals surface area contributed by atoms with Gasteiger partial charge in [-0.1, -0.05) is 36.7 Å². The molecule has 1 aliphatic rings. The van der Waals surface area contributed by atoms with Gasteiger partial charge in [0.05, 0.1) is 0 Å². The van der Waals surface area contributed by atoms with E-state index in [0.29, 0.717) is 5.92 Å². The van der Waals surface area contributed by atoms with Crippen molar-refractivity contribution in [2.24, 2.45) is 17.8 Å². The molecule has 90 valence electrons. The monoisotopic (exact) mass is 276 g/mol. The Morgan fingerprint density at radius 1 is 1.33 bits per heavy atom. The largest absolute Gasteiger partial charge is 0.381 e. The predicted molar refractivity (Wildman–Crippen MR) is 69.5 cm³/mol. The van der Waals surface area contributed by atoms with Gasteiger partial charge in [-0.05, 0) is 43.4 Å². The van der Waals surface area contributed by atoms with Crippen LogP contribution in [0.15, 0.2) is 0 Å². The minimum absolute atomic E-state index is 0.662. The van der Waals surface area contributed by atoms with E-state index >= 15 is 0 Å². The van der Waals surface area contributed by atoms with Crippen LogP contribution in [0.4, 0.5) is 0 Å². The first-order chi connectivity index (χ1) is 7.09. The molecule has 0 aromatic heterocycles. The van der Waals surface area contributed by atoms with E-state index in [1.165, 1.54) is 25.7 Å². The third-order valence-electron chi connectivity index (χ3n) is 3.24. The third kappa shape index (κ3) is 5.35. The molecule has 0 aromatic rings. The molecule has 0 aliphatic heterocycles. The Hall–Kier alpha value is 0.440. The lowest BCUT2D eigenvalue weighted by Gasteiger charge is -2.31. The molecule has 1 fully saturated rings. The van der Waals surface area contributed by atoms with Gasteiger partial charge in [-0.25, -0.2) is 0 Å². The molecule has 0 amide bonds. The van der Waals surface area contributed by atoms with Crippen LogP contribution in [0.5, 0.6) is 0 Å². The second-order valence-corrected chi connectivity index (χ2v) is 6.63. The highest BCUT2D eigenvalue weighted by molar-refractivity contribution is 9.09. The second-order valence-electron chi connectivity index (χ2n) is 5.45. The van der Waals surface area contributed by atoms with Crippen LogP contribution in [-0.2, 0) is 4.74 Å². The predicted octanol–water partition coefficient (Wildman–Crippen LogP) is 4.25. The van der Waals surface area contributed by atoms with Crippen molar-refractivity contribution in [2.45, 2.75) is 51.3 Å². The average Bonchev–Trinajstić information content (AvgIpc) is 2.17. The number of rotatable bonds is 5. The molecule has 1 nitrogen and oxygen atoms in total. The van der Waals surface area contributed by atoms with E-state index in [-0.39, 0.29) is 0 Å². The molecule has 0 spiro atoms. The van der Waals surface area contributed by atoms with Gasteiger partial charge in [-0.3, -0.25) is 0 Å². The molecule has 3 atom stereocenters. The molecule has 0 heterocycles. The van der Waals surface area contributed by atoms with Crippen molar-refractivity contribution in [1.29, 1.82) is 0 Å². The highest BCUT2D eigenvalue weighted by atomic mass is 79.9. The Balaban J connectivity index is 2.13. The van der Waals surface area contributed by atoms with Crippen LogP contribution < -0.4 is 0 Å². The fourth-order valence-corrected chi connectivity index (χ4v) is 3.06. The van der Waals surface area contributed by atoms with Crippen LogP contribution in [0.1, 0.15) is 46.5 Å². The van der Waals surface area contributed by atoms with Crippen LogP contribution in [0.3, 0.4) is 0 Å². The van der Waals surface area contributed by atoms with Crippen molar-refractivity contribution >= 4 is 15.9 Å². The number of alkyl halides is 1. The highest BCUT2D eigenvalue weighted by Gasteiger charge is 2.26. The van der Waals surface area contributed by atoms with Gasteiger partial charge in [0.25, 0.3) is 0 Å². The zero-order valence-electron chi connectivity index (χ0n) is 10.3. The van der Waals surface area contributed by atoms with E-state index in [9.17, 15) is 0 Å². The average molecular weight is 277 g/mol. The third-order valence-corrected chi connectivity index (χ3v) is 4.44. The number of halogens is 1. The minimum atomic E-state index is 0.662. The van der Waals surface area contributed by atoms with E-state index in [4.69, 9.17) is 4.74 Å². The SMILES string of the molecule is CC(C)COCCC1CC(C)CCC1Br. The van der Waals surface area contributed by atoms with Crippen molar-refractivity contribution in [1.82, 2.24) is 0 Å². The zero-order valence-corrected chi connectivity index (χ0v) is 11.9. The van der Waals surface area contributed by atoms with E-state index in [1.807, 2.05) is 0 Å². The second kappa shape index (κ2) is 6.90. The lowest BCUT2D eigenvalue weighted by molar-refractivity contribution is 0.0911. The van der Waals surface area contributed by atoms with Crippen LogP contribution in [0.25, 0.3) is 0 Å². The molecule has 2 heteroatoms. The van der Waals surface area contributed by atoms with Gasteiger partial charge in [0.2, 0.25) is 0 Å². The summed E-state index contributed by atoms with van der Waals surface area (Å²) in [4.78, 5) is 0.733. The molecule has 3 unspecified atom stereocenters. The van der Waals surface area contributed by atoms with Gasteiger partial charge in [-0.2, -0.15) is 0 Å². The Labute approximate surface area is 103 Å². The summed E-state index contributed by atoms with van der Waals surface area (Å²) in [5.74, 6) is 2.41. The summed E-state index contributed by atoms with van der Waals surface area (Å²) in [5, 5.41) is 0. The van der Waals surface area contributed by atoms with Gasteiger partial charge >= 0.3 is 0 Å². The summed E-state index contributed by atoms with van der Waals surface area (Å²) in [5.41, 5.74) is 0. The molecule has 15 heavy (non-hydrogen) atoms. The summed E-state index contributed by atoms with van der Waals surface area (Å²) in [6.45, 7) is 8.64. The van der Waals surface area contributed by atoms with Gasteiger partial charge in [0.1, 0.15) is 0 Å². The molecule has 0 aromatic carbocycles. The van der Waals surface area contributed by atoms with Crippen molar-refractivity contribution in [3.8, 4) is 0 Å². The highest BCUT2D eigenvalue weighted by Crippen LogP contribution is 2.35. The van der Waals surface area contributed by atoms with Crippen LogP contribution in [0, 0.1) is 17.8 Å². The maximum Gasteiger partial charge on any atom is 0.0488 e. The molecule has 1 saturated carbocycles. The van der Waals surface area contributed by atoms with E-state index in [2.05, 4.69) is 36.7 Å². The molecule has 1 rings (SSSR count). The summed E-state index contributed by atoms with van der Waals surface area (Å²) in [6.07, 6.45) is 5.34. The Bertz CT molecular complexity index is 170. The fourth-order valence-electron chi connectivity index (χ4n) is 2.31. The molecule has 1 aliphatic carbocycles. The van der Waals surface area contributed by atoms with Gasteiger partial charge in [-0.15, -0.1) is 0 Å². The van der Waals surface area contributed by atoms with Gasteiger partial charge < -0.3 is 4.74 Å². The van der Waals surface area contributed by atoms with Gasteiger partial charge in [0, 0.05) is 18.0 Å². The number of hydrogen-bond donors (Lipinski definition) is 0. The first kappa shape index (κ1) is 13.5. The van der Waals surface area contributed by atoms with Crippen molar-refractivity contribution in [2.75, 3.05) is 13.2 Å². The summed E-state index contributed by atoms with van der Waals surface area (Å²) >= 11 is 3.81. The standard InChI is InChI=1S/C13H25BrO/c1-10(2)9-15-7-6-12-8-11(3)4-5-13(12)14/h10-13H,4-9H2,1-3H3. The van der Waals surface area contributed by atoms with Crippen LogP contribution in [-0.4, -0.2) is 18.0 Å². The van der Waals surface area contributed by atoms with E-state index < -0.39 is 0 Å².